The van der Waals surface area contributed by atoms with Crippen molar-refractivity contribution in [1.82, 2.24) is 9.55 Å². The predicted octanol–water partition coefficient (Wildman–Crippen LogP) is 3.32. The molecule has 0 aliphatic heterocycles. The van der Waals surface area contributed by atoms with Crippen molar-refractivity contribution in [3.05, 3.63) is 63.0 Å². The third-order valence-electron chi connectivity index (χ3n) is 3.14. The number of carbonyl (C=O) groups excluding carboxylic acids is 2. The molecule has 3 rings (SSSR count). The molecule has 0 saturated carbocycles. The van der Waals surface area contributed by atoms with Gasteiger partial charge < -0.3 is 9.30 Å². The SMILES string of the molecule is Cn1cncc1C(=O)OC(C(=O)c1ccsc1)c1ccsc1. The Morgan fingerprint density at radius 1 is 1.23 bits per heavy atom. The molecule has 1 unspecified atom stereocenters. The van der Waals surface area contributed by atoms with Crippen LogP contribution in [-0.4, -0.2) is 21.3 Å². The number of thiophene rings is 2. The molecule has 3 aromatic heterocycles. The highest BCUT2D eigenvalue weighted by atomic mass is 32.1. The number of aromatic nitrogens is 2. The van der Waals surface area contributed by atoms with Crippen LogP contribution in [0.15, 0.2) is 46.2 Å². The number of esters is 1. The van der Waals surface area contributed by atoms with Gasteiger partial charge in [0.15, 0.2) is 6.10 Å². The molecule has 0 radical (unpaired) electrons. The Morgan fingerprint density at radius 2 is 2.00 bits per heavy atom. The van der Waals surface area contributed by atoms with E-state index < -0.39 is 12.1 Å². The molecule has 0 amide bonds. The van der Waals surface area contributed by atoms with Crippen molar-refractivity contribution in [1.29, 1.82) is 0 Å². The van der Waals surface area contributed by atoms with Gasteiger partial charge >= 0.3 is 5.97 Å². The van der Waals surface area contributed by atoms with Gasteiger partial charge in [0.1, 0.15) is 5.69 Å². The summed E-state index contributed by atoms with van der Waals surface area (Å²) in [6, 6.07) is 3.51. The Balaban J connectivity index is 1.88. The number of hydrogen-bond donors (Lipinski definition) is 0. The Morgan fingerprint density at radius 3 is 2.59 bits per heavy atom. The van der Waals surface area contributed by atoms with E-state index in [1.165, 1.54) is 35.2 Å². The summed E-state index contributed by atoms with van der Waals surface area (Å²) < 4.78 is 7.03. The van der Waals surface area contributed by atoms with E-state index in [4.69, 9.17) is 4.74 Å². The molecule has 3 heterocycles. The number of imidazole rings is 1. The van der Waals surface area contributed by atoms with Crippen LogP contribution in [-0.2, 0) is 11.8 Å². The van der Waals surface area contributed by atoms with E-state index in [1.54, 1.807) is 29.1 Å². The average molecular weight is 332 g/mol. The minimum absolute atomic E-state index is 0.227. The largest absolute Gasteiger partial charge is 0.444 e. The number of aryl methyl sites for hydroxylation is 1. The van der Waals surface area contributed by atoms with Crippen molar-refractivity contribution in [3.8, 4) is 0 Å². The van der Waals surface area contributed by atoms with Gasteiger partial charge in [0.25, 0.3) is 0 Å². The number of hydrogen-bond acceptors (Lipinski definition) is 6. The van der Waals surface area contributed by atoms with Crippen LogP contribution in [0.5, 0.6) is 0 Å². The number of ether oxygens (including phenoxy) is 1. The van der Waals surface area contributed by atoms with Crippen LogP contribution in [0, 0.1) is 0 Å². The van der Waals surface area contributed by atoms with Crippen LogP contribution in [0.1, 0.15) is 32.5 Å². The molecular formula is C15H12N2O3S2. The van der Waals surface area contributed by atoms with Crippen molar-refractivity contribution < 1.29 is 14.3 Å². The van der Waals surface area contributed by atoms with E-state index in [1.807, 2.05) is 16.1 Å². The van der Waals surface area contributed by atoms with Crippen LogP contribution < -0.4 is 0 Å². The average Bonchev–Trinajstić information content (AvgIpc) is 3.24. The van der Waals surface area contributed by atoms with Crippen LogP contribution in [0.3, 0.4) is 0 Å². The van der Waals surface area contributed by atoms with Gasteiger partial charge in [-0.05, 0) is 28.3 Å². The second-order valence-electron chi connectivity index (χ2n) is 4.61. The number of nitrogens with zero attached hydrogens (tertiary/aromatic N) is 2. The summed E-state index contributed by atoms with van der Waals surface area (Å²) in [4.78, 5) is 28.8. The second-order valence-corrected chi connectivity index (χ2v) is 6.17. The summed E-state index contributed by atoms with van der Waals surface area (Å²) in [6.07, 6.45) is 1.99. The maximum absolute atomic E-state index is 12.6. The molecule has 3 aromatic rings. The highest BCUT2D eigenvalue weighted by Crippen LogP contribution is 2.26. The number of Topliss-reactive ketones (excluding diaryl/α,β-unsaturated/α-hetero) is 1. The lowest BCUT2D eigenvalue weighted by Gasteiger charge is -2.15. The van der Waals surface area contributed by atoms with Gasteiger partial charge in [-0.15, -0.1) is 0 Å². The van der Waals surface area contributed by atoms with Crippen molar-refractivity contribution >= 4 is 34.4 Å². The lowest BCUT2D eigenvalue weighted by molar-refractivity contribution is 0.0271. The fraction of sp³-hybridized carbons (Fsp3) is 0.133. The van der Waals surface area contributed by atoms with E-state index in [-0.39, 0.29) is 5.78 Å². The minimum Gasteiger partial charge on any atom is -0.444 e. The van der Waals surface area contributed by atoms with Crippen LogP contribution in [0.25, 0.3) is 0 Å². The quantitative estimate of drug-likeness (QED) is 0.531. The van der Waals surface area contributed by atoms with E-state index in [0.717, 1.165) is 0 Å². The Hall–Kier alpha value is -2.25. The fourth-order valence-corrected chi connectivity index (χ4v) is 3.29. The molecule has 0 aliphatic rings. The smallest absolute Gasteiger partial charge is 0.357 e. The first-order valence-corrected chi connectivity index (χ1v) is 8.31. The molecule has 7 heteroatoms. The molecule has 0 aliphatic carbocycles. The van der Waals surface area contributed by atoms with Crippen molar-refractivity contribution in [2.45, 2.75) is 6.10 Å². The van der Waals surface area contributed by atoms with Crippen molar-refractivity contribution in [2.75, 3.05) is 0 Å². The summed E-state index contributed by atoms with van der Waals surface area (Å²) in [6.45, 7) is 0. The molecule has 0 aromatic carbocycles. The standard InChI is InChI=1S/C15H12N2O3S2/c1-17-9-16-6-12(17)15(19)20-14(11-3-5-22-8-11)13(18)10-2-4-21-7-10/h2-9,14H,1H3. The normalized spacial score (nSPS) is 12.0. The van der Waals surface area contributed by atoms with Gasteiger partial charge in [-0.1, -0.05) is 0 Å². The summed E-state index contributed by atoms with van der Waals surface area (Å²) in [5.41, 5.74) is 1.52. The first kappa shape index (κ1) is 14.7. The molecule has 0 fully saturated rings. The monoisotopic (exact) mass is 332 g/mol. The first-order chi connectivity index (χ1) is 10.7. The molecule has 0 bridgehead atoms. The molecule has 0 spiro atoms. The lowest BCUT2D eigenvalue weighted by Crippen LogP contribution is -2.20. The second kappa shape index (κ2) is 6.25. The number of rotatable bonds is 5. The topological polar surface area (TPSA) is 61.2 Å². The fourth-order valence-electron chi connectivity index (χ4n) is 1.97. The van der Waals surface area contributed by atoms with Gasteiger partial charge in [0.05, 0.1) is 12.5 Å². The minimum atomic E-state index is -0.941. The molecule has 0 N–H and O–H groups in total. The molecule has 5 nitrogen and oxygen atoms in total. The lowest BCUT2D eigenvalue weighted by atomic mass is 10.0. The summed E-state index contributed by atoms with van der Waals surface area (Å²) in [5, 5.41) is 7.23. The Bertz CT molecular complexity index is 776. The molecule has 1 atom stereocenters. The van der Waals surface area contributed by atoms with Gasteiger partial charge in [0.2, 0.25) is 5.78 Å². The van der Waals surface area contributed by atoms with Gasteiger partial charge in [-0.25, -0.2) is 9.78 Å². The van der Waals surface area contributed by atoms with Crippen LogP contribution in [0.4, 0.5) is 0 Å². The summed E-state index contributed by atoms with van der Waals surface area (Å²) >= 11 is 2.88. The van der Waals surface area contributed by atoms with Gasteiger partial charge in [0, 0.05) is 23.6 Å². The third-order valence-corrected chi connectivity index (χ3v) is 4.53. The zero-order valence-corrected chi connectivity index (χ0v) is 13.3. The molecule has 112 valence electrons. The van der Waals surface area contributed by atoms with E-state index in [2.05, 4.69) is 4.98 Å². The zero-order valence-electron chi connectivity index (χ0n) is 11.6. The summed E-state index contributed by atoms with van der Waals surface area (Å²) in [5.74, 6) is -0.796. The van der Waals surface area contributed by atoms with E-state index >= 15 is 0 Å². The zero-order chi connectivity index (χ0) is 15.5. The Kier molecular flexibility index (Phi) is 4.17. The number of ketones is 1. The predicted molar refractivity (Wildman–Crippen MR) is 84.3 cm³/mol. The maximum atomic E-state index is 12.6. The van der Waals surface area contributed by atoms with E-state index in [9.17, 15) is 9.59 Å². The third kappa shape index (κ3) is 2.86. The highest BCUT2D eigenvalue weighted by molar-refractivity contribution is 7.08. The van der Waals surface area contributed by atoms with E-state index in [0.29, 0.717) is 16.8 Å². The van der Waals surface area contributed by atoms with Crippen LogP contribution >= 0.6 is 22.7 Å². The molecule has 22 heavy (non-hydrogen) atoms. The maximum Gasteiger partial charge on any atom is 0.357 e. The summed E-state index contributed by atoms with van der Waals surface area (Å²) in [7, 11) is 1.70. The van der Waals surface area contributed by atoms with Crippen molar-refractivity contribution in [2.24, 2.45) is 7.05 Å². The first-order valence-electron chi connectivity index (χ1n) is 6.42. The highest BCUT2D eigenvalue weighted by Gasteiger charge is 2.28. The van der Waals surface area contributed by atoms with Crippen LogP contribution in [0.2, 0.25) is 0 Å². The number of carbonyl (C=O) groups is 2. The molecule has 0 saturated heterocycles. The van der Waals surface area contributed by atoms with Gasteiger partial charge in [-0.2, -0.15) is 22.7 Å². The molecular weight excluding hydrogens is 320 g/mol. The van der Waals surface area contributed by atoms with Crippen molar-refractivity contribution in [3.63, 3.8) is 0 Å². The van der Waals surface area contributed by atoms with Gasteiger partial charge in [-0.3, -0.25) is 4.79 Å². The Labute approximate surface area is 134 Å².